The van der Waals surface area contributed by atoms with Gasteiger partial charge in [-0.1, -0.05) is 115 Å². The summed E-state index contributed by atoms with van der Waals surface area (Å²) in [7, 11) is 0. The molecule has 0 radical (unpaired) electrons. The zero-order chi connectivity index (χ0) is 24.9. The van der Waals surface area contributed by atoms with Crippen molar-refractivity contribution in [1.29, 1.82) is 0 Å². The van der Waals surface area contributed by atoms with Gasteiger partial charge in [-0.2, -0.15) is 5.10 Å². The number of aryl methyl sites for hydroxylation is 1. The summed E-state index contributed by atoms with van der Waals surface area (Å²) >= 11 is 0. The van der Waals surface area contributed by atoms with E-state index in [9.17, 15) is 0 Å². The minimum Gasteiger partial charge on any atom is -0.237 e. The van der Waals surface area contributed by atoms with Crippen molar-refractivity contribution in [2.45, 2.75) is 13.8 Å². The number of benzene rings is 6. The zero-order valence-corrected chi connectivity index (χ0v) is 20.9. The third-order valence-corrected chi connectivity index (χ3v) is 7.53. The monoisotopic (exact) mass is 474 g/mol. The molecule has 7 rings (SSSR count). The Balaban J connectivity index is 1.59. The van der Waals surface area contributed by atoms with E-state index in [1.165, 1.54) is 54.6 Å². The van der Waals surface area contributed by atoms with Gasteiger partial charge >= 0.3 is 0 Å². The third kappa shape index (κ3) is 3.30. The number of hydrogen-bond donors (Lipinski definition) is 0. The van der Waals surface area contributed by atoms with Crippen LogP contribution in [0.15, 0.2) is 121 Å². The molecule has 2 nitrogen and oxygen atoms in total. The van der Waals surface area contributed by atoms with E-state index < -0.39 is 0 Å². The van der Waals surface area contributed by atoms with Crippen LogP contribution in [0.5, 0.6) is 0 Å². The van der Waals surface area contributed by atoms with Gasteiger partial charge in [-0.15, -0.1) is 0 Å². The second-order valence-corrected chi connectivity index (χ2v) is 9.66. The highest BCUT2D eigenvalue weighted by atomic mass is 15.3. The van der Waals surface area contributed by atoms with Crippen molar-refractivity contribution in [3.8, 4) is 27.9 Å². The maximum Gasteiger partial charge on any atom is 0.0727 e. The second-order valence-electron chi connectivity index (χ2n) is 9.66. The minimum absolute atomic E-state index is 1.04. The Morgan fingerprint density at radius 1 is 0.459 bits per heavy atom. The van der Waals surface area contributed by atoms with Crippen molar-refractivity contribution < 1.29 is 0 Å². The lowest BCUT2D eigenvalue weighted by molar-refractivity contribution is 0.840. The molecule has 0 fully saturated rings. The molecule has 0 N–H and O–H groups in total. The predicted octanol–water partition coefficient (Wildman–Crippen LogP) is 9.28. The molecule has 0 saturated carbocycles. The standard InChI is InChI=1S/C35H26N2/c1-23-33(24(2)37(36-23)32-22-12-16-25-13-6-7-17-27(25)32)35-30-20-10-8-18-28(30)34(26-14-4-3-5-15-26)29-19-9-11-21-31(29)35/h3-22H,1-2H3. The number of rotatable bonds is 3. The molecule has 0 aliphatic rings. The average molecular weight is 475 g/mol. The van der Waals surface area contributed by atoms with Crippen LogP contribution in [0.1, 0.15) is 11.4 Å². The Labute approximate surface area is 216 Å². The molecule has 0 unspecified atom stereocenters. The van der Waals surface area contributed by atoms with Gasteiger partial charge in [0, 0.05) is 22.2 Å². The van der Waals surface area contributed by atoms with Crippen LogP contribution in [0.25, 0.3) is 60.3 Å². The molecule has 0 aliphatic carbocycles. The van der Waals surface area contributed by atoms with Gasteiger partial charge in [0.2, 0.25) is 0 Å². The smallest absolute Gasteiger partial charge is 0.0727 e. The molecule has 7 aromatic rings. The van der Waals surface area contributed by atoms with Crippen LogP contribution in [-0.2, 0) is 0 Å². The molecule has 0 bridgehead atoms. The summed E-state index contributed by atoms with van der Waals surface area (Å²) in [6, 6.07) is 43.3. The summed E-state index contributed by atoms with van der Waals surface area (Å²) in [5.74, 6) is 0. The van der Waals surface area contributed by atoms with Crippen molar-refractivity contribution in [1.82, 2.24) is 9.78 Å². The van der Waals surface area contributed by atoms with Gasteiger partial charge in [-0.3, -0.25) is 0 Å². The van der Waals surface area contributed by atoms with Crippen molar-refractivity contribution in [2.75, 3.05) is 0 Å². The van der Waals surface area contributed by atoms with E-state index in [4.69, 9.17) is 5.10 Å². The Hall–Kier alpha value is -4.69. The van der Waals surface area contributed by atoms with E-state index in [1.807, 2.05) is 0 Å². The number of hydrogen-bond acceptors (Lipinski definition) is 1. The van der Waals surface area contributed by atoms with Crippen LogP contribution in [-0.4, -0.2) is 9.78 Å². The summed E-state index contributed by atoms with van der Waals surface area (Å²) in [4.78, 5) is 0. The van der Waals surface area contributed by atoms with Crippen LogP contribution in [0.2, 0.25) is 0 Å². The summed E-state index contributed by atoms with van der Waals surface area (Å²) in [5.41, 5.74) is 8.28. The van der Waals surface area contributed by atoms with Crippen LogP contribution >= 0.6 is 0 Å². The van der Waals surface area contributed by atoms with E-state index >= 15 is 0 Å². The SMILES string of the molecule is Cc1nn(-c2cccc3ccccc23)c(C)c1-c1c2ccccc2c(-c2ccccc2)c2ccccc12. The van der Waals surface area contributed by atoms with Gasteiger partial charge in [-0.25, -0.2) is 4.68 Å². The van der Waals surface area contributed by atoms with Crippen molar-refractivity contribution in [3.05, 3.63) is 133 Å². The molecule has 1 aromatic heterocycles. The second kappa shape index (κ2) is 8.46. The van der Waals surface area contributed by atoms with Crippen molar-refractivity contribution in [3.63, 3.8) is 0 Å². The quantitative estimate of drug-likeness (QED) is 0.233. The first-order chi connectivity index (χ1) is 18.2. The molecule has 6 aromatic carbocycles. The van der Waals surface area contributed by atoms with E-state index in [-0.39, 0.29) is 0 Å². The van der Waals surface area contributed by atoms with Gasteiger partial charge in [0.25, 0.3) is 0 Å². The van der Waals surface area contributed by atoms with E-state index in [1.54, 1.807) is 0 Å². The maximum absolute atomic E-state index is 5.12. The lowest BCUT2D eigenvalue weighted by Gasteiger charge is -2.18. The first-order valence-corrected chi connectivity index (χ1v) is 12.8. The predicted molar refractivity (Wildman–Crippen MR) is 156 cm³/mol. The van der Waals surface area contributed by atoms with Gasteiger partial charge in [-0.05, 0) is 58.0 Å². The molecule has 0 atom stereocenters. The zero-order valence-electron chi connectivity index (χ0n) is 20.9. The molecule has 0 saturated heterocycles. The number of aromatic nitrogens is 2. The Morgan fingerprint density at radius 3 is 1.62 bits per heavy atom. The van der Waals surface area contributed by atoms with E-state index in [0.717, 1.165) is 17.1 Å². The first-order valence-electron chi connectivity index (χ1n) is 12.8. The van der Waals surface area contributed by atoms with Gasteiger partial charge in [0.05, 0.1) is 11.4 Å². The highest BCUT2D eigenvalue weighted by Crippen LogP contribution is 2.45. The van der Waals surface area contributed by atoms with Crippen molar-refractivity contribution >= 4 is 32.3 Å². The van der Waals surface area contributed by atoms with Crippen LogP contribution < -0.4 is 0 Å². The fraction of sp³-hybridized carbons (Fsp3) is 0.0571. The van der Waals surface area contributed by atoms with Crippen LogP contribution in [0.4, 0.5) is 0 Å². The fourth-order valence-corrected chi connectivity index (χ4v) is 5.95. The molecular weight excluding hydrogens is 448 g/mol. The number of fused-ring (bicyclic) bond motifs is 3. The maximum atomic E-state index is 5.12. The third-order valence-electron chi connectivity index (χ3n) is 7.53. The fourth-order valence-electron chi connectivity index (χ4n) is 5.95. The highest BCUT2D eigenvalue weighted by Gasteiger charge is 2.22. The summed E-state index contributed by atoms with van der Waals surface area (Å²) in [6.07, 6.45) is 0. The minimum atomic E-state index is 1.04. The van der Waals surface area contributed by atoms with Gasteiger partial charge in [0.1, 0.15) is 0 Å². The molecule has 0 aliphatic heterocycles. The molecule has 176 valence electrons. The Kier molecular flexibility index (Phi) is 4.93. The summed E-state index contributed by atoms with van der Waals surface area (Å²) < 4.78 is 2.13. The van der Waals surface area contributed by atoms with Crippen molar-refractivity contribution in [2.24, 2.45) is 0 Å². The van der Waals surface area contributed by atoms with Gasteiger partial charge in [0.15, 0.2) is 0 Å². The molecule has 0 spiro atoms. The van der Waals surface area contributed by atoms with Crippen LogP contribution in [0, 0.1) is 13.8 Å². The highest BCUT2D eigenvalue weighted by molar-refractivity contribution is 6.21. The molecule has 37 heavy (non-hydrogen) atoms. The van der Waals surface area contributed by atoms with Gasteiger partial charge < -0.3 is 0 Å². The Morgan fingerprint density at radius 2 is 0.973 bits per heavy atom. The molecular formula is C35H26N2. The summed E-state index contributed by atoms with van der Waals surface area (Å²) in [6.45, 7) is 4.34. The average Bonchev–Trinajstić information content (AvgIpc) is 3.24. The summed E-state index contributed by atoms with van der Waals surface area (Å²) in [5, 5.41) is 12.6. The number of nitrogens with zero attached hydrogens (tertiary/aromatic N) is 2. The largest absolute Gasteiger partial charge is 0.237 e. The van der Waals surface area contributed by atoms with E-state index in [2.05, 4.69) is 140 Å². The lowest BCUT2D eigenvalue weighted by Crippen LogP contribution is -2.00. The van der Waals surface area contributed by atoms with Crippen LogP contribution in [0.3, 0.4) is 0 Å². The lowest BCUT2D eigenvalue weighted by atomic mass is 9.85. The topological polar surface area (TPSA) is 17.8 Å². The normalized spacial score (nSPS) is 11.5. The Bertz CT molecular complexity index is 1880. The first kappa shape index (κ1) is 21.6. The molecule has 1 heterocycles. The molecule has 0 amide bonds. The molecule has 2 heteroatoms. The van der Waals surface area contributed by atoms with E-state index in [0.29, 0.717) is 0 Å².